The summed E-state index contributed by atoms with van der Waals surface area (Å²) in [6.07, 6.45) is 0.768. The Hall–Kier alpha value is -0.610. The third kappa shape index (κ3) is 2.45. The lowest BCUT2D eigenvalue weighted by Crippen LogP contribution is -1.94. The molecular formula is C10H8BrNOS. The van der Waals surface area contributed by atoms with E-state index in [0.29, 0.717) is 5.75 Å². The molecule has 0 aliphatic carbocycles. The summed E-state index contributed by atoms with van der Waals surface area (Å²) in [4.78, 5) is 14.8. The van der Waals surface area contributed by atoms with Gasteiger partial charge in [-0.2, -0.15) is 0 Å². The van der Waals surface area contributed by atoms with Gasteiger partial charge < -0.3 is 0 Å². The number of aliphatic imine (C=N–C) groups is 1. The van der Waals surface area contributed by atoms with Crippen LogP contribution in [-0.2, 0) is 11.2 Å². The molecule has 0 unspecified atom stereocenters. The number of carbonyl (C=O) groups is 1. The zero-order chi connectivity index (χ0) is 9.97. The van der Waals surface area contributed by atoms with Gasteiger partial charge in [-0.15, -0.1) is 11.8 Å². The molecule has 2 nitrogen and oxygen atoms in total. The van der Waals surface area contributed by atoms with E-state index in [1.165, 1.54) is 17.3 Å². The first kappa shape index (κ1) is 9.93. The summed E-state index contributed by atoms with van der Waals surface area (Å²) >= 11 is 4.92. The van der Waals surface area contributed by atoms with Gasteiger partial charge in [0.1, 0.15) is 0 Å². The molecule has 1 aliphatic heterocycles. The average Bonchev–Trinajstić information content (AvgIpc) is 2.56. The van der Waals surface area contributed by atoms with Crippen LogP contribution < -0.4 is 0 Å². The van der Waals surface area contributed by atoms with Crippen molar-refractivity contribution < 1.29 is 4.79 Å². The Morgan fingerprint density at radius 1 is 1.36 bits per heavy atom. The fraction of sp³-hybridized carbons (Fsp3) is 0.200. The summed E-state index contributed by atoms with van der Waals surface area (Å²) in [5.41, 5.74) is 1.19. The summed E-state index contributed by atoms with van der Waals surface area (Å²) in [5.74, 6) is 0.494. The van der Waals surface area contributed by atoms with Gasteiger partial charge in [-0.1, -0.05) is 28.1 Å². The van der Waals surface area contributed by atoms with Crippen LogP contribution in [0.1, 0.15) is 5.56 Å². The smallest absolute Gasteiger partial charge is 0.256 e. The lowest BCUT2D eigenvalue weighted by atomic mass is 10.2. The van der Waals surface area contributed by atoms with E-state index in [0.717, 1.165) is 15.9 Å². The van der Waals surface area contributed by atoms with Crippen molar-refractivity contribution in [1.29, 1.82) is 0 Å². The second-order valence-electron chi connectivity index (χ2n) is 2.99. The second-order valence-corrected chi connectivity index (χ2v) is 4.96. The zero-order valence-electron chi connectivity index (χ0n) is 7.37. The molecule has 2 rings (SSSR count). The Kier molecular flexibility index (Phi) is 3.03. The van der Waals surface area contributed by atoms with Crippen molar-refractivity contribution in [2.24, 2.45) is 4.99 Å². The molecule has 14 heavy (non-hydrogen) atoms. The molecule has 1 heterocycles. The van der Waals surface area contributed by atoms with Crippen LogP contribution in [-0.4, -0.2) is 16.7 Å². The first-order valence-electron chi connectivity index (χ1n) is 4.22. The lowest BCUT2D eigenvalue weighted by molar-refractivity contribution is -0.115. The Bertz CT molecular complexity index is 386. The fourth-order valence-corrected chi connectivity index (χ4v) is 2.27. The van der Waals surface area contributed by atoms with Gasteiger partial charge in [0, 0.05) is 10.9 Å². The van der Waals surface area contributed by atoms with Crippen LogP contribution in [0.15, 0.2) is 33.7 Å². The van der Waals surface area contributed by atoms with Crippen LogP contribution in [0.5, 0.6) is 0 Å². The Morgan fingerprint density at radius 2 is 2.07 bits per heavy atom. The molecule has 4 heteroatoms. The molecular weight excluding hydrogens is 262 g/mol. The summed E-state index contributed by atoms with van der Waals surface area (Å²) in [5, 5.41) is 0.928. The van der Waals surface area contributed by atoms with Crippen LogP contribution in [0.3, 0.4) is 0 Å². The van der Waals surface area contributed by atoms with Crippen LogP contribution in [0.2, 0.25) is 0 Å². The minimum atomic E-state index is -0.0119. The fourth-order valence-electron chi connectivity index (χ4n) is 1.22. The van der Waals surface area contributed by atoms with Gasteiger partial charge in [0.25, 0.3) is 5.91 Å². The highest BCUT2D eigenvalue weighted by Crippen LogP contribution is 2.18. The standard InChI is InChI=1S/C10H8BrNOS/c11-8-3-1-7(2-4-8)5-10-12-9(13)6-14-10/h1-4H,5-6H2. The normalized spacial score (nSPS) is 15.8. The monoisotopic (exact) mass is 269 g/mol. The summed E-state index contributed by atoms with van der Waals surface area (Å²) < 4.78 is 1.07. The number of amides is 1. The number of hydrogen-bond donors (Lipinski definition) is 0. The predicted octanol–water partition coefficient (Wildman–Crippen LogP) is 2.66. The Morgan fingerprint density at radius 3 is 2.64 bits per heavy atom. The third-order valence-electron chi connectivity index (χ3n) is 1.88. The van der Waals surface area contributed by atoms with E-state index in [2.05, 4.69) is 20.9 Å². The maximum absolute atomic E-state index is 10.9. The zero-order valence-corrected chi connectivity index (χ0v) is 9.77. The molecule has 0 N–H and O–H groups in total. The van der Waals surface area contributed by atoms with Crippen LogP contribution in [0.4, 0.5) is 0 Å². The van der Waals surface area contributed by atoms with Crippen molar-refractivity contribution in [3.8, 4) is 0 Å². The van der Waals surface area contributed by atoms with Gasteiger partial charge in [0.15, 0.2) is 0 Å². The SMILES string of the molecule is O=C1CSC(Cc2ccc(Br)cc2)=N1. The highest BCUT2D eigenvalue weighted by Gasteiger charge is 2.14. The molecule has 0 aromatic heterocycles. The molecule has 0 radical (unpaired) electrons. The summed E-state index contributed by atoms with van der Waals surface area (Å²) in [6.45, 7) is 0. The maximum Gasteiger partial charge on any atom is 0.256 e. The number of carbonyl (C=O) groups excluding carboxylic acids is 1. The third-order valence-corrected chi connectivity index (χ3v) is 3.37. The van der Waals surface area contributed by atoms with Crippen molar-refractivity contribution in [1.82, 2.24) is 0 Å². The second kappa shape index (κ2) is 4.28. The molecule has 72 valence electrons. The van der Waals surface area contributed by atoms with E-state index in [9.17, 15) is 4.79 Å². The number of rotatable bonds is 2. The topological polar surface area (TPSA) is 29.4 Å². The van der Waals surface area contributed by atoms with Gasteiger partial charge in [0.05, 0.1) is 10.8 Å². The van der Waals surface area contributed by atoms with Gasteiger partial charge in [-0.25, -0.2) is 4.99 Å². The molecule has 0 saturated carbocycles. The summed E-state index contributed by atoms with van der Waals surface area (Å²) in [7, 11) is 0. The average molecular weight is 270 g/mol. The van der Waals surface area contributed by atoms with E-state index in [-0.39, 0.29) is 5.91 Å². The highest BCUT2D eigenvalue weighted by atomic mass is 79.9. The van der Waals surface area contributed by atoms with Crippen molar-refractivity contribution >= 4 is 38.6 Å². The largest absolute Gasteiger partial charge is 0.272 e. The maximum atomic E-state index is 10.9. The number of benzene rings is 1. The molecule has 0 atom stereocenters. The van der Waals surface area contributed by atoms with Crippen molar-refractivity contribution in [3.63, 3.8) is 0 Å². The van der Waals surface area contributed by atoms with E-state index in [4.69, 9.17) is 0 Å². The highest BCUT2D eigenvalue weighted by molar-refractivity contribution is 9.10. The number of thioether (sulfide) groups is 1. The van der Waals surface area contributed by atoms with Crippen LogP contribution >= 0.6 is 27.7 Å². The predicted molar refractivity (Wildman–Crippen MR) is 62.7 cm³/mol. The lowest BCUT2D eigenvalue weighted by Gasteiger charge is -1.99. The van der Waals surface area contributed by atoms with Gasteiger partial charge in [-0.05, 0) is 17.7 Å². The first-order valence-corrected chi connectivity index (χ1v) is 5.99. The number of nitrogens with zero attached hydrogens (tertiary/aromatic N) is 1. The van der Waals surface area contributed by atoms with Gasteiger partial charge in [0.2, 0.25) is 0 Å². The van der Waals surface area contributed by atoms with Crippen molar-refractivity contribution in [2.75, 3.05) is 5.75 Å². The minimum Gasteiger partial charge on any atom is -0.272 e. The van der Waals surface area contributed by atoms with E-state index >= 15 is 0 Å². The van der Waals surface area contributed by atoms with Crippen molar-refractivity contribution in [2.45, 2.75) is 6.42 Å². The van der Waals surface area contributed by atoms with Gasteiger partial charge in [-0.3, -0.25) is 4.79 Å². The number of halogens is 1. The molecule has 1 aromatic rings. The molecule has 0 saturated heterocycles. The molecule has 0 fully saturated rings. The van der Waals surface area contributed by atoms with Crippen LogP contribution in [0, 0.1) is 0 Å². The molecule has 1 amide bonds. The van der Waals surface area contributed by atoms with E-state index < -0.39 is 0 Å². The number of hydrogen-bond acceptors (Lipinski definition) is 2. The minimum absolute atomic E-state index is 0.0119. The Labute approximate surface area is 94.9 Å². The quantitative estimate of drug-likeness (QED) is 0.826. The first-order chi connectivity index (χ1) is 6.74. The van der Waals surface area contributed by atoms with Crippen LogP contribution in [0.25, 0.3) is 0 Å². The Balaban J connectivity index is 2.08. The molecule has 0 bridgehead atoms. The van der Waals surface area contributed by atoms with E-state index in [1.807, 2.05) is 24.3 Å². The van der Waals surface area contributed by atoms with Crippen molar-refractivity contribution in [3.05, 3.63) is 34.3 Å². The molecule has 0 spiro atoms. The molecule has 1 aromatic carbocycles. The van der Waals surface area contributed by atoms with Gasteiger partial charge >= 0.3 is 0 Å². The summed E-state index contributed by atoms with van der Waals surface area (Å²) in [6, 6.07) is 8.07. The van der Waals surface area contributed by atoms with E-state index in [1.54, 1.807) is 0 Å². The molecule has 1 aliphatic rings.